The van der Waals surface area contributed by atoms with Crippen molar-refractivity contribution in [3.8, 4) is 11.1 Å². The van der Waals surface area contributed by atoms with Gasteiger partial charge in [-0.05, 0) is 59.7 Å². The number of carbonyl (C=O) groups is 1. The highest BCUT2D eigenvalue weighted by Gasteiger charge is 2.30. The number of alkyl halides is 3. The maximum absolute atomic E-state index is 12.9. The molecule has 0 atom stereocenters. The van der Waals surface area contributed by atoms with Crippen molar-refractivity contribution in [2.24, 2.45) is 0 Å². The van der Waals surface area contributed by atoms with E-state index < -0.39 is 11.7 Å². The Morgan fingerprint density at radius 2 is 1.58 bits per heavy atom. The lowest BCUT2D eigenvalue weighted by molar-refractivity contribution is -0.137. The van der Waals surface area contributed by atoms with Gasteiger partial charge < -0.3 is 10.6 Å². The monoisotopic (exact) mass is 450 g/mol. The molecule has 0 aliphatic heterocycles. The second kappa shape index (κ2) is 9.60. The zero-order chi connectivity index (χ0) is 23.3. The fourth-order valence-corrected chi connectivity index (χ4v) is 3.39. The Balaban J connectivity index is 1.42. The zero-order valence-corrected chi connectivity index (χ0v) is 17.5. The molecule has 0 saturated heterocycles. The van der Waals surface area contributed by atoms with E-state index in [-0.39, 0.29) is 5.91 Å². The van der Waals surface area contributed by atoms with Crippen LogP contribution in [0.15, 0.2) is 91.3 Å². The third-order valence-corrected chi connectivity index (χ3v) is 5.07. The average Bonchev–Trinajstić information content (AvgIpc) is 3.33. The maximum atomic E-state index is 12.9. The number of hydrogen-bond donors (Lipinski definition) is 2. The van der Waals surface area contributed by atoms with Crippen molar-refractivity contribution in [1.82, 2.24) is 9.78 Å². The number of anilines is 2. The first kappa shape index (κ1) is 22.1. The topological polar surface area (TPSA) is 59.0 Å². The lowest BCUT2D eigenvalue weighted by Crippen LogP contribution is -2.13. The summed E-state index contributed by atoms with van der Waals surface area (Å²) in [7, 11) is 0. The Kier molecular flexibility index (Phi) is 6.44. The number of amides is 1. The van der Waals surface area contributed by atoms with Gasteiger partial charge in [-0.1, -0.05) is 30.3 Å². The van der Waals surface area contributed by atoms with Gasteiger partial charge >= 0.3 is 6.18 Å². The molecule has 0 saturated carbocycles. The number of benzene rings is 3. The van der Waals surface area contributed by atoms with E-state index >= 15 is 0 Å². The molecule has 5 nitrogen and oxygen atoms in total. The summed E-state index contributed by atoms with van der Waals surface area (Å²) in [5.74, 6) is -0.343. The van der Waals surface area contributed by atoms with Crippen LogP contribution in [0.2, 0.25) is 0 Å². The molecular weight excluding hydrogens is 429 g/mol. The minimum Gasteiger partial charge on any atom is -0.383 e. The molecule has 3 aromatic carbocycles. The highest BCUT2D eigenvalue weighted by Crippen LogP contribution is 2.32. The summed E-state index contributed by atoms with van der Waals surface area (Å²) in [5, 5.41) is 10.3. The summed E-state index contributed by atoms with van der Waals surface area (Å²) in [5.41, 5.74) is 2.25. The van der Waals surface area contributed by atoms with Gasteiger partial charge in [-0.15, -0.1) is 0 Å². The number of hydrogen-bond acceptors (Lipinski definition) is 3. The SMILES string of the molecule is O=C(Nc1ccc(NCCn2cccn2)cc1)c1ccccc1-c1ccc(C(F)(F)F)cc1. The Hall–Kier alpha value is -4.07. The van der Waals surface area contributed by atoms with Crippen LogP contribution in [0.3, 0.4) is 0 Å². The highest BCUT2D eigenvalue weighted by atomic mass is 19.4. The lowest BCUT2D eigenvalue weighted by atomic mass is 9.98. The summed E-state index contributed by atoms with van der Waals surface area (Å²) in [6, 6.07) is 20.8. The molecule has 0 bridgehead atoms. The Bertz CT molecular complexity index is 1200. The molecular formula is C25H21F3N4O. The molecule has 0 radical (unpaired) electrons. The number of nitrogens with zero attached hydrogens (tertiary/aromatic N) is 2. The highest BCUT2D eigenvalue weighted by molar-refractivity contribution is 6.08. The first-order valence-corrected chi connectivity index (χ1v) is 10.3. The normalized spacial score (nSPS) is 11.2. The van der Waals surface area contributed by atoms with Gasteiger partial charge in [0.2, 0.25) is 0 Å². The summed E-state index contributed by atoms with van der Waals surface area (Å²) in [6.45, 7) is 1.43. The van der Waals surface area contributed by atoms with Crippen LogP contribution < -0.4 is 10.6 Å². The van der Waals surface area contributed by atoms with Gasteiger partial charge in [0.15, 0.2) is 0 Å². The van der Waals surface area contributed by atoms with Gasteiger partial charge in [-0.25, -0.2) is 0 Å². The van der Waals surface area contributed by atoms with E-state index in [0.29, 0.717) is 28.9 Å². The third-order valence-electron chi connectivity index (χ3n) is 5.07. The van der Waals surface area contributed by atoms with E-state index in [1.165, 1.54) is 12.1 Å². The molecule has 33 heavy (non-hydrogen) atoms. The predicted molar refractivity (Wildman–Crippen MR) is 122 cm³/mol. The van der Waals surface area contributed by atoms with E-state index in [9.17, 15) is 18.0 Å². The number of carbonyl (C=O) groups excluding carboxylic acids is 1. The van der Waals surface area contributed by atoms with Crippen LogP contribution in [0, 0.1) is 0 Å². The predicted octanol–water partition coefficient (Wildman–Crippen LogP) is 5.93. The van der Waals surface area contributed by atoms with Crippen LogP contribution in [0.25, 0.3) is 11.1 Å². The van der Waals surface area contributed by atoms with Gasteiger partial charge in [0.05, 0.1) is 12.1 Å². The Labute approximate surface area is 188 Å². The average molecular weight is 450 g/mol. The summed E-state index contributed by atoms with van der Waals surface area (Å²) < 4.78 is 40.4. The third kappa shape index (κ3) is 5.60. The van der Waals surface area contributed by atoms with Gasteiger partial charge in [-0.2, -0.15) is 18.3 Å². The van der Waals surface area contributed by atoms with Crippen molar-refractivity contribution in [3.63, 3.8) is 0 Å². The molecule has 1 amide bonds. The standard InChI is InChI=1S/C25H21F3N4O/c26-25(27,28)19-8-6-18(7-9-19)22-4-1-2-5-23(22)24(33)31-21-12-10-20(11-13-21)29-15-17-32-16-3-14-30-32/h1-14,16,29H,15,17H2,(H,31,33). The van der Waals surface area contributed by atoms with E-state index in [1.54, 1.807) is 42.6 Å². The number of halogens is 3. The second-order valence-corrected chi connectivity index (χ2v) is 7.35. The maximum Gasteiger partial charge on any atom is 0.416 e. The minimum atomic E-state index is -4.41. The van der Waals surface area contributed by atoms with Crippen molar-refractivity contribution >= 4 is 17.3 Å². The van der Waals surface area contributed by atoms with Crippen LogP contribution in [0.1, 0.15) is 15.9 Å². The van der Waals surface area contributed by atoms with Gasteiger partial charge in [0.25, 0.3) is 5.91 Å². The molecule has 8 heteroatoms. The van der Waals surface area contributed by atoms with Crippen molar-refractivity contribution in [1.29, 1.82) is 0 Å². The molecule has 168 valence electrons. The van der Waals surface area contributed by atoms with Crippen LogP contribution in [0.4, 0.5) is 24.5 Å². The van der Waals surface area contributed by atoms with Crippen molar-refractivity contribution in [2.45, 2.75) is 12.7 Å². The molecule has 4 aromatic rings. The number of rotatable bonds is 7. The van der Waals surface area contributed by atoms with E-state index in [4.69, 9.17) is 0 Å². The van der Waals surface area contributed by atoms with Crippen LogP contribution in [-0.2, 0) is 12.7 Å². The van der Waals surface area contributed by atoms with Crippen LogP contribution in [-0.4, -0.2) is 22.2 Å². The van der Waals surface area contributed by atoms with Crippen molar-refractivity contribution < 1.29 is 18.0 Å². The first-order valence-electron chi connectivity index (χ1n) is 10.3. The molecule has 4 rings (SSSR count). The van der Waals surface area contributed by atoms with Gasteiger partial charge in [0, 0.05) is 35.9 Å². The molecule has 1 aromatic heterocycles. The largest absolute Gasteiger partial charge is 0.416 e. The van der Waals surface area contributed by atoms with Gasteiger partial charge in [0.1, 0.15) is 0 Å². The molecule has 0 spiro atoms. The number of aromatic nitrogens is 2. The van der Waals surface area contributed by atoms with Crippen LogP contribution >= 0.6 is 0 Å². The fourth-order valence-electron chi connectivity index (χ4n) is 3.39. The van der Waals surface area contributed by atoms with Crippen LogP contribution in [0.5, 0.6) is 0 Å². The zero-order valence-electron chi connectivity index (χ0n) is 17.5. The minimum absolute atomic E-state index is 0.343. The molecule has 0 aliphatic carbocycles. The smallest absolute Gasteiger partial charge is 0.383 e. The quantitative estimate of drug-likeness (QED) is 0.367. The first-order chi connectivity index (χ1) is 15.9. The fraction of sp³-hybridized carbons (Fsp3) is 0.120. The molecule has 0 aliphatic rings. The van der Waals surface area contributed by atoms with E-state index in [0.717, 1.165) is 24.4 Å². The second-order valence-electron chi connectivity index (χ2n) is 7.35. The van der Waals surface area contributed by atoms with Crippen molar-refractivity contribution in [2.75, 3.05) is 17.2 Å². The summed E-state index contributed by atoms with van der Waals surface area (Å²) in [6.07, 6.45) is -0.786. The van der Waals surface area contributed by atoms with Gasteiger partial charge in [-0.3, -0.25) is 9.48 Å². The lowest BCUT2D eigenvalue weighted by Gasteiger charge is -2.12. The van der Waals surface area contributed by atoms with E-state index in [1.807, 2.05) is 29.1 Å². The Morgan fingerprint density at radius 3 is 2.24 bits per heavy atom. The summed E-state index contributed by atoms with van der Waals surface area (Å²) >= 11 is 0. The molecule has 1 heterocycles. The molecule has 0 unspecified atom stereocenters. The Morgan fingerprint density at radius 1 is 0.879 bits per heavy atom. The van der Waals surface area contributed by atoms with Crippen molar-refractivity contribution in [3.05, 3.63) is 102 Å². The van der Waals surface area contributed by atoms with E-state index in [2.05, 4.69) is 15.7 Å². The number of nitrogens with one attached hydrogen (secondary N) is 2. The molecule has 2 N–H and O–H groups in total. The summed E-state index contributed by atoms with van der Waals surface area (Å²) in [4.78, 5) is 12.9. The molecule has 0 fully saturated rings.